The van der Waals surface area contributed by atoms with Crippen molar-refractivity contribution in [2.45, 2.75) is 25.4 Å². The molecule has 1 aromatic heterocycles. The third-order valence-electron chi connectivity index (χ3n) is 3.85. The summed E-state index contributed by atoms with van der Waals surface area (Å²) in [5.74, 6) is -0.178. The predicted octanol–water partition coefficient (Wildman–Crippen LogP) is 2.88. The van der Waals surface area contributed by atoms with Crippen LogP contribution in [0.2, 0.25) is 5.02 Å². The van der Waals surface area contributed by atoms with E-state index in [1.54, 1.807) is 17.9 Å². The Morgan fingerprint density at radius 2 is 2.19 bits per heavy atom. The normalized spacial score (nSPS) is 22.5. The molecular weight excluding hydrogens is 288 g/mol. The molecule has 0 bridgehead atoms. The number of aliphatic hydroxyl groups is 1. The van der Waals surface area contributed by atoms with Crippen molar-refractivity contribution in [1.29, 1.82) is 0 Å². The van der Waals surface area contributed by atoms with Gasteiger partial charge in [0.15, 0.2) is 0 Å². The van der Waals surface area contributed by atoms with E-state index in [2.05, 4.69) is 4.98 Å². The summed E-state index contributed by atoms with van der Waals surface area (Å²) >= 11 is 6.24. The molecule has 0 aliphatic carbocycles. The lowest BCUT2D eigenvalue weighted by Crippen LogP contribution is -2.48. The van der Waals surface area contributed by atoms with Crippen molar-refractivity contribution >= 4 is 28.4 Å². The van der Waals surface area contributed by atoms with E-state index >= 15 is 0 Å². The van der Waals surface area contributed by atoms with Gasteiger partial charge in [-0.25, -0.2) is 4.98 Å². The number of hydrogen-bond acceptors (Lipinski definition) is 3. The SMILES string of the molecule is CC1(O)CCCN(C(=O)c2cc(Cl)c3ccccc3n2)C1. The summed E-state index contributed by atoms with van der Waals surface area (Å²) in [5.41, 5.74) is 0.211. The number of halogens is 1. The van der Waals surface area contributed by atoms with Crippen LogP contribution in [0.1, 0.15) is 30.3 Å². The van der Waals surface area contributed by atoms with Crippen LogP contribution in [0.4, 0.5) is 0 Å². The van der Waals surface area contributed by atoms with Crippen LogP contribution in [-0.4, -0.2) is 39.6 Å². The number of pyridine rings is 1. The van der Waals surface area contributed by atoms with Crippen molar-refractivity contribution < 1.29 is 9.90 Å². The highest BCUT2D eigenvalue weighted by Gasteiger charge is 2.31. The third kappa shape index (κ3) is 2.87. The van der Waals surface area contributed by atoms with E-state index in [1.807, 2.05) is 24.3 Å². The van der Waals surface area contributed by atoms with Crippen LogP contribution in [0.15, 0.2) is 30.3 Å². The summed E-state index contributed by atoms with van der Waals surface area (Å²) in [4.78, 5) is 18.6. The van der Waals surface area contributed by atoms with E-state index in [9.17, 15) is 9.90 Å². The van der Waals surface area contributed by atoms with Crippen molar-refractivity contribution in [3.05, 3.63) is 41.0 Å². The monoisotopic (exact) mass is 304 g/mol. The van der Waals surface area contributed by atoms with Crippen LogP contribution in [0, 0.1) is 0 Å². The van der Waals surface area contributed by atoms with Gasteiger partial charge in [0.2, 0.25) is 0 Å². The number of amides is 1. The van der Waals surface area contributed by atoms with Crippen molar-refractivity contribution in [2.75, 3.05) is 13.1 Å². The summed E-state index contributed by atoms with van der Waals surface area (Å²) in [6.07, 6.45) is 1.50. The molecule has 1 saturated heterocycles. The molecule has 1 aliphatic heterocycles. The van der Waals surface area contributed by atoms with Crippen LogP contribution in [0.3, 0.4) is 0 Å². The number of benzene rings is 1. The van der Waals surface area contributed by atoms with Crippen molar-refractivity contribution in [2.24, 2.45) is 0 Å². The minimum atomic E-state index is -0.825. The second-order valence-corrected chi connectivity index (χ2v) is 6.24. The zero-order valence-electron chi connectivity index (χ0n) is 11.8. The van der Waals surface area contributed by atoms with Crippen molar-refractivity contribution in [3.63, 3.8) is 0 Å². The molecule has 1 amide bonds. The topological polar surface area (TPSA) is 53.4 Å². The minimum absolute atomic E-state index is 0.178. The Bertz CT molecular complexity index is 700. The van der Waals surface area contributed by atoms with E-state index in [1.165, 1.54) is 0 Å². The van der Waals surface area contributed by atoms with Gasteiger partial charge in [-0.1, -0.05) is 29.8 Å². The molecule has 0 radical (unpaired) electrons. The van der Waals surface area contributed by atoms with Crippen LogP contribution < -0.4 is 0 Å². The first kappa shape index (κ1) is 14.3. The number of rotatable bonds is 1. The molecule has 0 spiro atoms. The zero-order chi connectivity index (χ0) is 15.0. The molecule has 2 aromatic rings. The molecule has 1 aliphatic rings. The molecule has 110 valence electrons. The summed E-state index contributed by atoms with van der Waals surface area (Å²) in [6.45, 7) is 2.73. The molecule has 1 aromatic carbocycles. The van der Waals surface area contributed by atoms with E-state index in [0.29, 0.717) is 35.7 Å². The molecule has 1 unspecified atom stereocenters. The molecule has 1 fully saturated rings. The van der Waals surface area contributed by atoms with Gasteiger partial charge in [-0.3, -0.25) is 4.79 Å². The maximum absolute atomic E-state index is 12.6. The number of carbonyl (C=O) groups is 1. The third-order valence-corrected chi connectivity index (χ3v) is 4.16. The molecule has 2 heterocycles. The molecule has 5 heteroatoms. The number of β-amino-alcohol motifs (C(OH)–C–C–N with tert-alkyl or cyclic N) is 1. The highest BCUT2D eigenvalue weighted by molar-refractivity contribution is 6.35. The first-order valence-electron chi connectivity index (χ1n) is 7.03. The number of aromatic nitrogens is 1. The summed E-state index contributed by atoms with van der Waals surface area (Å²) in [7, 11) is 0. The zero-order valence-corrected chi connectivity index (χ0v) is 12.6. The number of piperidine rings is 1. The van der Waals surface area contributed by atoms with Gasteiger partial charge in [0.25, 0.3) is 5.91 Å². The molecule has 4 nitrogen and oxygen atoms in total. The van der Waals surface area contributed by atoms with Gasteiger partial charge in [-0.2, -0.15) is 0 Å². The first-order valence-corrected chi connectivity index (χ1v) is 7.41. The summed E-state index contributed by atoms with van der Waals surface area (Å²) < 4.78 is 0. The van der Waals surface area contributed by atoms with Gasteiger partial charge in [-0.15, -0.1) is 0 Å². The number of hydrogen-bond donors (Lipinski definition) is 1. The Kier molecular flexibility index (Phi) is 3.59. The quantitative estimate of drug-likeness (QED) is 0.881. The van der Waals surface area contributed by atoms with Gasteiger partial charge in [0.05, 0.1) is 16.1 Å². The van der Waals surface area contributed by atoms with Gasteiger partial charge in [-0.05, 0) is 31.9 Å². The van der Waals surface area contributed by atoms with Crippen LogP contribution in [0.5, 0.6) is 0 Å². The second-order valence-electron chi connectivity index (χ2n) is 5.83. The van der Waals surface area contributed by atoms with E-state index in [4.69, 9.17) is 11.6 Å². The fourth-order valence-corrected chi connectivity index (χ4v) is 3.06. The summed E-state index contributed by atoms with van der Waals surface area (Å²) in [5, 5.41) is 11.5. The van der Waals surface area contributed by atoms with E-state index < -0.39 is 5.60 Å². The van der Waals surface area contributed by atoms with Crippen LogP contribution in [0.25, 0.3) is 10.9 Å². The Morgan fingerprint density at radius 3 is 2.95 bits per heavy atom. The van der Waals surface area contributed by atoms with Gasteiger partial charge in [0, 0.05) is 18.5 Å². The lowest BCUT2D eigenvalue weighted by atomic mass is 9.95. The van der Waals surface area contributed by atoms with Crippen molar-refractivity contribution in [1.82, 2.24) is 9.88 Å². The van der Waals surface area contributed by atoms with Crippen LogP contribution in [-0.2, 0) is 0 Å². The average Bonchev–Trinajstić information content (AvgIpc) is 2.45. The maximum Gasteiger partial charge on any atom is 0.272 e. The lowest BCUT2D eigenvalue weighted by molar-refractivity contribution is -0.0109. The largest absolute Gasteiger partial charge is 0.388 e. The van der Waals surface area contributed by atoms with Gasteiger partial charge in [0.1, 0.15) is 5.69 Å². The highest BCUT2D eigenvalue weighted by Crippen LogP contribution is 2.25. The number of para-hydroxylation sites is 1. The fourth-order valence-electron chi connectivity index (χ4n) is 2.80. The first-order chi connectivity index (χ1) is 9.96. The van der Waals surface area contributed by atoms with Crippen LogP contribution >= 0.6 is 11.6 Å². The minimum Gasteiger partial charge on any atom is -0.388 e. The van der Waals surface area contributed by atoms with Crippen molar-refractivity contribution in [3.8, 4) is 0 Å². The molecular formula is C16H17ClN2O2. The van der Waals surface area contributed by atoms with Gasteiger partial charge < -0.3 is 10.0 Å². The number of carbonyl (C=O) groups excluding carboxylic acids is 1. The van der Waals surface area contributed by atoms with Gasteiger partial charge >= 0.3 is 0 Å². The Morgan fingerprint density at radius 1 is 1.43 bits per heavy atom. The Balaban J connectivity index is 1.94. The number of nitrogens with zero attached hydrogens (tertiary/aromatic N) is 2. The molecule has 1 N–H and O–H groups in total. The molecule has 21 heavy (non-hydrogen) atoms. The highest BCUT2D eigenvalue weighted by atomic mass is 35.5. The average molecular weight is 305 g/mol. The molecule has 3 rings (SSSR count). The standard InChI is InChI=1S/C16H17ClN2O2/c1-16(21)7-4-8-19(10-16)15(20)14-9-12(17)11-5-2-3-6-13(11)18-14/h2-3,5-6,9,21H,4,7-8,10H2,1H3. The molecule has 0 saturated carbocycles. The smallest absolute Gasteiger partial charge is 0.272 e. The number of fused-ring (bicyclic) bond motifs is 1. The fraction of sp³-hybridized carbons (Fsp3) is 0.375. The summed E-state index contributed by atoms with van der Waals surface area (Å²) in [6, 6.07) is 9.08. The second kappa shape index (κ2) is 5.28. The lowest BCUT2D eigenvalue weighted by Gasteiger charge is -2.36. The maximum atomic E-state index is 12.6. The number of likely N-dealkylation sites (tertiary alicyclic amines) is 1. The Labute approximate surface area is 128 Å². The van der Waals surface area contributed by atoms with E-state index in [-0.39, 0.29) is 5.91 Å². The Hall–Kier alpha value is -1.65. The molecule has 1 atom stereocenters. The van der Waals surface area contributed by atoms with E-state index in [0.717, 1.165) is 11.8 Å². The predicted molar refractivity (Wildman–Crippen MR) is 82.5 cm³/mol.